The molecule has 0 aliphatic rings. The molecule has 5 nitrogen and oxygen atoms in total. The maximum Gasteiger partial charge on any atom is 0.155 e. The highest BCUT2D eigenvalue weighted by Crippen LogP contribution is 2.16. The summed E-state index contributed by atoms with van der Waals surface area (Å²) in [5, 5.41) is 15.6. The van der Waals surface area contributed by atoms with Gasteiger partial charge < -0.3 is 15.6 Å². The van der Waals surface area contributed by atoms with Crippen LogP contribution in [-0.4, -0.2) is 16.2 Å². The van der Waals surface area contributed by atoms with Crippen LogP contribution in [0.25, 0.3) is 0 Å². The standard InChI is InChI=1S/C4H4ClN3O2/c5-2-1(4(9)10)3(6)8-7-2/h(H,9,10)(H3,6,7,8)/p-1. The smallest absolute Gasteiger partial charge is 0.155 e. The molecule has 3 N–H and O–H groups in total. The number of nitrogens with one attached hydrogen (secondary N) is 1. The fourth-order valence-corrected chi connectivity index (χ4v) is 0.744. The van der Waals surface area contributed by atoms with Crippen molar-refractivity contribution in [1.82, 2.24) is 10.2 Å². The van der Waals surface area contributed by atoms with E-state index in [1.165, 1.54) is 0 Å². The minimum atomic E-state index is -1.43. The molecule has 6 heteroatoms. The Kier molecular flexibility index (Phi) is 1.50. The largest absolute Gasteiger partial charge is 0.545 e. The maximum atomic E-state index is 10.2. The topological polar surface area (TPSA) is 94.8 Å². The van der Waals surface area contributed by atoms with Gasteiger partial charge in [0, 0.05) is 0 Å². The summed E-state index contributed by atoms with van der Waals surface area (Å²) in [6.07, 6.45) is 0. The predicted molar refractivity (Wildman–Crippen MR) is 32.3 cm³/mol. The summed E-state index contributed by atoms with van der Waals surface area (Å²) < 4.78 is 0. The third kappa shape index (κ3) is 0.906. The Balaban J connectivity index is 3.23. The van der Waals surface area contributed by atoms with Crippen molar-refractivity contribution in [3.63, 3.8) is 0 Å². The van der Waals surface area contributed by atoms with E-state index >= 15 is 0 Å². The maximum absolute atomic E-state index is 10.2. The number of hydrogen-bond donors (Lipinski definition) is 2. The zero-order valence-corrected chi connectivity index (χ0v) is 5.47. The first-order chi connectivity index (χ1) is 4.63. The summed E-state index contributed by atoms with van der Waals surface area (Å²) in [7, 11) is 0. The summed E-state index contributed by atoms with van der Waals surface area (Å²) >= 11 is 5.32. The first kappa shape index (κ1) is 6.88. The van der Waals surface area contributed by atoms with Gasteiger partial charge in [0.1, 0.15) is 5.15 Å². The van der Waals surface area contributed by atoms with Crippen molar-refractivity contribution in [3.05, 3.63) is 10.7 Å². The number of aromatic amines is 1. The van der Waals surface area contributed by atoms with Crippen LogP contribution in [0.5, 0.6) is 0 Å². The number of anilines is 1. The van der Waals surface area contributed by atoms with Gasteiger partial charge >= 0.3 is 0 Å². The minimum absolute atomic E-state index is 0.113. The summed E-state index contributed by atoms with van der Waals surface area (Å²) in [5.41, 5.74) is 4.80. The summed E-state index contributed by atoms with van der Waals surface area (Å²) in [6.45, 7) is 0. The van der Waals surface area contributed by atoms with Gasteiger partial charge in [0.25, 0.3) is 0 Å². The number of rotatable bonds is 1. The molecule has 0 saturated heterocycles. The zero-order chi connectivity index (χ0) is 7.72. The Labute approximate surface area is 60.8 Å². The third-order valence-corrected chi connectivity index (χ3v) is 1.23. The van der Waals surface area contributed by atoms with Gasteiger partial charge in [-0.1, -0.05) is 11.6 Å². The second-order valence-electron chi connectivity index (χ2n) is 1.59. The van der Waals surface area contributed by atoms with Crippen LogP contribution in [0, 0.1) is 0 Å². The molecule has 0 aromatic carbocycles. The number of H-pyrrole nitrogens is 1. The number of carbonyl (C=O) groups excluding carboxylic acids is 1. The highest BCUT2D eigenvalue weighted by Gasteiger charge is 2.08. The molecule has 0 fully saturated rings. The lowest BCUT2D eigenvalue weighted by molar-refractivity contribution is -0.254. The predicted octanol–water partition coefficient (Wildman–Crippen LogP) is -0.991. The molecular weight excluding hydrogens is 158 g/mol. The minimum Gasteiger partial charge on any atom is -0.545 e. The van der Waals surface area contributed by atoms with E-state index in [-0.39, 0.29) is 16.5 Å². The van der Waals surface area contributed by atoms with Crippen molar-refractivity contribution >= 4 is 23.4 Å². The zero-order valence-electron chi connectivity index (χ0n) is 4.72. The molecule has 10 heavy (non-hydrogen) atoms. The molecule has 0 bridgehead atoms. The highest BCUT2D eigenvalue weighted by atomic mass is 35.5. The molecule has 1 aromatic heterocycles. The van der Waals surface area contributed by atoms with Crippen molar-refractivity contribution in [2.24, 2.45) is 0 Å². The molecule has 1 rings (SSSR count). The van der Waals surface area contributed by atoms with Gasteiger partial charge in [-0.2, -0.15) is 5.10 Å². The van der Waals surface area contributed by atoms with E-state index in [0.29, 0.717) is 0 Å². The van der Waals surface area contributed by atoms with Crippen LogP contribution in [0.3, 0.4) is 0 Å². The van der Waals surface area contributed by atoms with E-state index in [1.807, 2.05) is 0 Å². The van der Waals surface area contributed by atoms with Crippen molar-refractivity contribution in [3.8, 4) is 0 Å². The van der Waals surface area contributed by atoms with Crippen LogP contribution in [-0.2, 0) is 0 Å². The van der Waals surface area contributed by atoms with Gasteiger partial charge in [-0.25, -0.2) is 0 Å². The van der Waals surface area contributed by atoms with E-state index in [0.717, 1.165) is 0 Å². The Morgan fingerprint density at radius 2 is 2.40 bits per heavy atom. The number of nitrogen functional groups attached to an aromatic ring is 1. The van der Waals surface area contributed by atoms with Gasteiger partial charge in [-0.15, -0.1) is 0 Å². The van der Waals surface area contributed by atoms with Crippen molar-refractivity contribution in [2.45, 2.75) is 0 Å². The van der Waals surface area contributed by atoms with Crippen LogP contribution in [0.1, 0.15) is 10.4 Å². The molecule has 0 atom stereocenters. The fourth-order valence-electron chi connectivity index (χ4n) is 0.528. The van der Waals surface area contributed by atoms with E-state index < -0.39 is 5.97 Å². The molecule has 0 unspecified atom stereocenters. The second-order valence-corrected chi connectivity index (χ2v) is 1.96. The van der Waals surface area contributed by atoms with E-state index in [1.54, 1.807) is 0 Å². The molecule has 1 heterocycles. The summed E-state index contributed by atoms with van der Waals surface area (Å²) in [5.74, 6) is -1.60. The van der Waals surface area contributed by atoms with Crippen molar-refractivity contribution < 1.29 is 9.90 Å². The molecule has 0 radical (unpaired) electrons. The Hall–Kier alpha value is -1.23. The number of aromatic carboxylic acids is 1. The number of aromatic nitrogens is 2. The number of halogens is 1. The molecule has 1 aromatic rings. The number of nitrogens with zero attached hydrogens (tertiary/aromatic N) is 1. The molecule has 0 saturated carbocycles. The van der Waals surface area contributed by atoms with Crippen LogP contribution < -0.4 is 10.8 Å². The normalized spacial score (nSPS) is 9.70. The average molecular weight is 161 g/mol. The third-order valence-electron chi connectivity index (χ3n) is 0.954. The summed E-state index contributed by atoms with van der Waals surface area (Å²) in [6, 6.07) is 0. The Bertz CT molecular complexity index is 250. The van der Waals surface area contributed by atoms with Gasteiger partial charge in [0.15, 0.2) is 5.82 Å². The van der Waals surface area contributed by atoms with E-state index in [4.69, 9.17) is 17.3 Å². The molecule has 0 aliphatic heterocycles. The SMILES string of the molecule is Nc1n[nH]c(Cl)c1C(=O)[O-]. The molecule has 0 amide bonds. The van der Waals surface area contributed by atoms with Crippen LogP contribution in [0.2, 0.25) is 5.15 Å². The Morgan fingerprint density at radius 3 is 2.60 bits per heavy atom. The number of carboxylic acids is 1. The van der Waals surface area contributed by atoms with Gasteiger partial charge in [0.05, 0.1) is 11.5 Å². The Morgan fingerprint density at radius 1 is 1.80 bits per heavy atom. The number of hydrogen-bond acceptors (Lipinski definition) is 4. The number of nitrogens with two attached hydrogens (primary N) is 1. The average Bonchev–Trinajstić information content (AvgIpc) is 2.11. The molecule has 54 valence electrons. The fraction of sp³-hybridized carbons (Fsp3) is 0. The lowest BCUT2D eigenvalue weighted by Gasteiger charge is -1.97. The highest BCUT2D eigenvalue weighted by molar-refractivity contribution is 6.32. The lowest BCUT2D eigenvalue weighted by Crippen LogP contribution is -2.23. The number of carboxylic acid groups (broad SMARTS) is 1. The van der Waals surface area contributed by atoms with Crippen LogP contribution in [0.15, 0.2) is 0 Å². The lowest BCUT2D eigenvalue weighted by atomic mass is 10.3. The first-order valence-electron chi connectivity index (χ1n) is 2.33. The van der Waals surface area contributed by atoms with Gasteiger partial charge in [-0.05, 0) is 0 Å². The van der Waals surface area contributed by atoms with Crippen molar-refractivity contribution in [1.29, 1.82) is 0 Å². The summed E-state index contributed by atoms with van der Waals surface area (Å²) in [4.78, 5) is 10.2. The van der Waals surface area contributed by atoms with Crippen LogP contribution in [0.4, 0.5) is 5.82 Å². The molecule has 0 aliphatic carbocycles. The van der Waals surface area contributed by atoms with Crippen molar-refractivity contribution in [2.75, 3.05) is 5.73 Å². The number of carbonyl (C=O) groups is 1. The quantitative estimate of drug-likeness (QED) is 0.551. The first-order valence-corrected chi connectivity index (χ1v) is 2.71. The molecular formula is C4H3ClN3O2-. The van der Waals surface area contributed by atoms with E-state index in [9.17, 15) is 9.90 Å². The molecule has 0 spiro atoms. The van der Waals surface area contributed by atoms with Gasteiger partial charge in [-0.3, -0.25) is 5.10 Å². The van der Waals surface area contributed by atoms with Crippen LogP contribution >= 0.6 is 11.6 Å². The second kappa shape index (κ2) is 2.18. The monoisotopic (exact) mass is 160 g/mol. The van der Waals surface area contributed by atoms with E-state index in [2.05, 4.69) is 10.2 Å². The van der Waals surface area contributed by atoms with Gasteiger partial charge in [0.2, 0.25) is 0 Å².